The predicted octanol–water partition coefficient (Wildman–Crippen LogP) is 5.40. The van der Waals surface area contributed by atoms with Gasteiger partial charge < -0.3 is 14.2 Å². The van der Waals surface area contributed by atoms with Crippen molar-refractivity contribution in [3.05, 3.63) is 0 Å². The summed E-state index contributed by atoms with van der Waals surface area (Å²) >= 11 is 0. The van der Waals surface area contributed by atoms with Crippen LogP contribution in [0.15, 0.2) is 0 Å². The quantitative estimate of drug-likeness (QED) is 0.385. The molecule has 0 bridgehead atoms. The SMILES string of the molecule is COCOC1CC2CC(=O)CC[C@]2(C)C2CC[C@]3(C)C(C(C)CCC(=O)OC)CCC3C12. The largest absolute Gasteiger partial charge is 0.469 e. The third kappa shape index (κ3) is 4.06. The van der Waals surface area contributed by atoms with E-state index in [0.29, 0.717) is 59.9 Å². The lowest BCUT2D eigenvalue weighted by atomic mass is 9.43. The van der Waals surface area contributed by atoms with Gasteiger partial charge in [-0.1, -0.05) is 20.8 Å². The molecule has 0 aromatic carbocycles. The summed E-state index contributed by atoms with van der Waals surface area (Å²) in [6, 6.07) is 0. The minimum atomic E-state index is -0.0913. The Bertz CT molecular complexity index is 706. The van der Waals surface area contributed by atoms with Gasteiger partial charge in [-0.05, 0) is 91.3 Å². The van der Waals surface area contributed by atoms with Gasteiger partial charge in [0.25, 0.3) is 0 Å². The fourth-order valence-corrected chi connectivity index (χ4v) is 8.94. The monoisotopic (exact) mass is 448 g/mol. The predicted molar refractivity (Wildman–Crippen MR) is 123 cm³/mol. The van der Waals surface area contributed by atoms with E-state index in [1.165, 1.54) is 32.8 Å². The molecule has 7 unspecified atom stereocenters. The van der Waals surface area contributed by atoms with Gasteiger partial charge in [-0.3, -0.25) is 9.59 Å². The van der Waals surface area contributed by atoms with E-state index in [9.17, 15) is 9.59 Å². The van der Waals surface area contributed by atoms with Crippen molar-refractivity contribution in [2.24, 2.45) is 46.3 Å². The summed E-state index contributed by atoms with van der Waals surface area (Å²) in [5, 5.41) is 0. The number of hydrogen-bond donors (Lipinski definition) is 0. The Morgan fingerprint density at radius 2 is 1.84 bits per heavy atom. The standard InChI is InChI=1S/C27H44O5/c1-17(6-9-24(29)31-5)20-7-8-21-25-22(11-13-27(20,21)3)26(2)12-10-19(28)14-18(26)15-23(25)32-16-30-4/h17-18,20-23,25H,6-16H2,1-5H3/t17?,18?,20?,21?,22?,23?,25?,26-,27+/m0/s1. The second-order valence-electron chi connectivity index (χ2n) is 11.9. The van der Waals surface area contributed by atoms with E-state index in [1.807, 2.05) is 0 Å². The Kier molecular flexibility index (Phi) is 7.08. The van der Waals surface area contributed by atoms with Gasteiger partial charge in [-0.15, -0.1) is 0 Å². The van der Waals surface area contributed by atoms with Crippen LogP contribution in [0.5, 0.6) is 0 Å². The molecule has 0 spiro atoms. The topological polar surface area (TPSA) is 61.8 Å². The molecule has 4 saturated carbocycles. The highest BCUT2D eigenvalue weighted by Gasteiger charge is 2.63. The second-order valence-corrected chi connectivity index (χ2v) is 11.9. The molecule has 0 aliphatic heterocycles. The van der Waals surface area contributed by atoms with Crippen molar-refractivity contribution in [2.45, 2.75) is 91.1 Å². The molecular weight excluding hydrogens is 404 g/mol. The molecule has 5 nitrogen and oxygen atoms in total. The fourth-order valence-electron chi connectivity index (χ4n) is 8.94. The van der Waals surface area contributed by atoms with Crippen LogP contribution in [0.1, 0.15) is 85.0 Å². The van der Waals surface area contributed by atoms with Gasteiger partial charge >= 0.3 is 5.97 Å². The number of carbonyl (C=O) groups excluding carboxylic acids is 2. The van der Waals surface area contributed by atoms with Crippen molar-refractivity contribution in [3.63, 3.8) is 0 Å². The van der Waals surface area contributed by atoms with Crippen LogP contribution < -0.4 is 0 Å². The summed E-state index contributed by atoms with van der Waals surface area (Å²) in [6.07, 6.45) is 10.2. The van der Waals surface area contributed by atoms with E-state index in [1.54, 1.807) is 7.11 Å². The zero-order valence-electron chi connectivity index (χ0n) is 20.9. The zero-order chi connectivity index (χ0) is 23.1. The maximum atomic E-state index is 12.3. The normalized spacial score (nSPS) is 44.3. The average Bonchev–Trinajstić information content (AvgIpc) is 3.13. The first-order valence-corrected chi connectivity index (χ1v) is 12.9. The summed E-state index contributed by atoms with van der Waals surface area (Å²) in [4.78, 5) is 24.1. The van der Waals surface area contributed by atoms with Gasteiger partial charge in [0.2, 0.25) is 0 Å². The van der Waals surface area contributed by atoms with Crippen LogP contribution in [0.25, 0.3) is 0 Å². The Hall–Kier alpha value is -0.940. The molecule has 9 atom stereocenters. The van der Waals surface area contributed by atoms with Gasteiger partial charge in [-0.2, -0.15) is 0 Å². The van der Waals surface area contributed by atoms with Crippen molar-refractivity contribution >= 4 is 11.8 Å². The third-order valence-corrected chi connectivity index (χ3v) is 10.7. The van der Waals surface area contributed by atoms with Gasteiger partial charge in [0, 0.05) is 26.4 Å². The number of ether oxygens (including phenoxy) is 3. The number of esters is 1. The first kappa shape index (κ1) is 24.2. The van der Waals surface area contributed by atoms with Gasteiger partial charge in [0.1, 0.15) is 12.6 Å². The van der Waals surface area contributed by atoms with Crippen LogP contribution in [0.4, 0.5) is 0 Å². The molecule has 0 aromatic rings. The summed E-state index contributed by atoms with van der Waals surface area (Å²) in [5.41, 5.74) is 0.570. The molecule has 4 aliphatic rings. The lowest BCUT2D eigenvalue weighted by molar-refractivity contribution is -0.201. The molecule has 0 amide bonds. The van der Waals surface area contributed by atoms with Crippen LogP contribution in [0.3, 0.4) is 0 Å². The van der Waals surface area contributed by atoms with Gasteiger partial charge in [0.05, 0.1) is 13.2 Å². The van der Waals surface area contributed by atoms with Crippen LogP contribution in [0.2, 0.25) is 0 Å². The molecule has 4 aliphatic carbocycles. The number of Topliss-reactive ketones (excluding diaryl/α,β-unsaturated/α-hetero) is 1. The number of carbonyl (C=O) groups is 2. The molecule has 32 heavy (non-hydrogen) atoms. The van der Waals surface area contributed by atoms with Crippen LogP contribution in [0, 0.1) is 46.3 Å². The maximum Gasteiger partial charge on any atom is 0.305 e. The summed E-state index contributed by atoms with van der Waals surface area (Å²) in [7, 11) is 3.19. The zero-order valence-corrected chi connectivity index (χ0v) is 20.9. The minimum Gasteiger partial charge on any atom is -0.469 e. The molecule has 0 heterocycles. The van der Waals surface area contributed by atoms with E-state index in [0.717, 1.165) is 32.1 Å². The highest BCUT2D eigenvalue weighted by atomic mass is 16.7. The maximum absolute atomic E-state index is 12.3. The number of hydrogen-bond acceptors (Lipinski definition) is 5. The molecule has 4 rings (SSSR count). The second kappa shape index (κ2) is 9.37. The molecular formula is C27H44O5. The van der Waals surface area contributed by atoms with E-state index in [2.05, 4.69) is 20.8 Å². The molecule has 0 aromatic heterocycles. The smallest absolute Gasteiger partial charge is 0.305 e. The van der Waals surface area contributed by atoms with Gasteiger partial charge in [0.15, 0.2) is 0 Å². The van der Waals surface area contributed by atoms with Gasteiger partial charge in [-0.25, -0.2) is 0 Å². The number of rotatable bonds is 7. The van der Waals surface area contributed by atoms with Crippen LogP contribution >= 0.6 is 0 Å². The van der Waals surface area contributed by atoms with E-state index in [4.69, 9.17) is 14.2 Å². The molecule has 5 heteroatoms. The third-order valence-electron chi connectivity index (χ3n) is 10.7. The highest BCUT2D eigenvalue weighted by Crippen LogP contribution is 2.68. The fraction of sp³-hybridized carbons (Fsp3) is 0.926. The lowest BCUT2D eigenvalue weighted by Gasteiger charge is -2.62. The number of methoxy groups -OCH3 is 2. The Morgan fingerprint density at radius 3 is 2.56 bits per heavy atom. The summed E-state index contributed by atoms with van der Waals surface area (Å²) in [5.74, 6) is 3.83. The van der Waals surface area contributed by atoms with Crippen molar-refractivity contribution in [2.75, 3.05) is 21.0 Å². The number of ketones is 1. The Labute approximate surface area is 194 Å². The lowest BCUT2D eigenvalue weighted by Crippen LogP contribution is -2.59. The Morgan fingerprint density at radius 1 is 1.09 bits per heavy atom. The molecule has 0 saturated heterocycles. The van der Waals surface area contributed by atoms with E-state index < -0.39 is 0 Å². The highest BCUT2D eigenvalue weighted by molar-refractivity contribution is 5.79. The van der Waals surface area contributed by atoms with E-state index in [-0.39, 0.29) is 17.5 Å². The molecule has 0 radical (unpaired) electrons. The minimum absolute atomic E-state index is 0.0913. The van der Waals surface area contributed by atoms with E-state index >= 15 is 0 Å². The molecule has 4 fully saturated rings. The van der Waals surface area contributed by atoms with Crippen LogP contribution in [-0.4, -0.2) is 38.9 Å². The summed E-state index contributed by atoms with van der Waals surface area (Å²) < 4.78 is 16.6. The molecule has 0 N–H and O–H groups in total. The van der Waals surface area contributed by atoms with Crippen molar-refractivity contribution in [1.82, 2.24) is 0 Å². The van der Waals surface area contributed by atoms with Crippen molar-refractivity contribution in [3.8, 4) is 0 Å². The average molecular weight is 449 g/mol. The first-order valence-electron chi connectivity index (χ1n) is 12.9. The van der Waals surface area contributed by atoms with Crippen molar-refractivity contribution < 1.29 is 23.8 Å². The molecule has 182 valence electrons. The van der Waals surface area contributed by atoms with Crippen LogP contribution in [-0.2, 0) is 23.8 Å². The van der Waals surface area contributed by atoms with Crippen molar-refractivity contribution in [1.29, 1.82) is 0 Å². The summed E-state index contributed by atoms with van der Waals surface area (Å²) in [6.45, 7) is 7.71. The first-order chi connectivity index (χ1) is 15.2. The Balaban J connectivity index is 1.58. The number of fused-ring (bicyclic) bond motifs is 5.